The van der Waals surface area contributed by atoms with E-state index in [0.717, 1.165) is 23.9 Å². The number of carbonyl (C=O) groups is 1. The Labute approximate surface area is 138 Å². The molecule has 126 valence electrons. The van der Waals surface area contributed by atoms with Crippen LogP contribution in [0.25, 0.3) is 0 Å². The molecule has 23 heavy (non-hydrogen) atoms. The maximum atomic E-state index is 12.1. The molecule has 0 saturated heterocycles. The lowest BCUT2D eigenvalue weighted by Gasteiger charge is -2.19. The van der Waals surface area contributed by atoms with Crippen LogP contribution in [0.1, 0.15) is 37.7 Å². The second-order valence-corrected chi connectivity index (χ2v) is 9.10. The van der Waals surface area contributed by atoms with Gasteiger partial charge in [0.05, 0.1) is 11.3 Å². The molecular formula is C18H25NO3S. The molecule has 3 atom stereocenters. The van der Waals surface area contributed by atoms with E-state index in [1.165, 1.54) is 38.4 Å². The number of hydrogen-bond donors (Lipinski definition) is 1. The SMILES string of the molecule is CS(=O)(=O)c1ccc(CC(=O)NC[C@H]2CC[C@@H]3CCC[C@@H]32)cc1. The summed E-state index contributed by atoms with van der Waals surface area (Å²) >= 11 is 0. The molecule has 0 aliphatic heterocycles. The van der Waals surface area contributed by atoms with E-state index < -0.39 is 9.84 Å². The van der Waals surface area contributed by atoms with E-state index in [-0.39, 0.29) is 5.91 Å². The molecule has 0 aromatic heterocycles. The number of fused-ring (bicyclic) bond motifs is 1. The van der Waals surface area contributed by atoms with Crippen molar-refractivity contribution < 1.29 is 13.2 Å². The standard InChI is InChI=1S/C18H25NO3S/c1-23(21,22)16-9-5-13(6-10-16)11-18(20)19-12-15-8-7-14-3-2-4-17(14)15/h5-6,9-10,14-15,17H,2-4,7-8,11-12H2,1H3,(H,19,20)/t14-,15+,17-/m0/s1. The van der Waals surface area contributed by atoms with Crippen molar-refractivity contribution in [2.75, 3.05) is 12.8 Å². The van der Waals surface area contributed by atoms with Crippen LogP contribution in [0, 0.1) is 17.8 Å². The minimum Gasteiger partial charge on any atom is -0.356 e. The number of hydrogen-bond acceptors (Lipinski definition) is 3. The van der Waals surface area contributed by atoms with Gasteiger partial charge in [-0.2, -0.15) is 0 Å². The summed E-state index contributed by atoms with van der Waals surface area (Å²) < 4.78 is 22.9. The van der Waals surface area contributed by atoms with Crippen LogP contribution < -0.4 is 5.32 Å². The van der Waals surface area contributed by atoms with Crippen molar-refractivity contribution in [2.24, 2.45) is 17.8 Å². The second kappa shape index (κ2) is 6.63. The van der Waals surface area contributed by atoms with Gasteiger partial charge in [0.25, 0.3) is 0 Å². The highest BCUT2D eigenvalue weighted by Gasteiger charge is 2.38. The van der Waals surface area contributed by atoms with E-state index in [4.69, 9.17) is 0 Å². The van der Waals surface area contributed by atoms with E-state index in [2.05, 4.69) is 5.32 Å². The minimum atomic E-state index is -3.18. The molecule has 2 fully saturated rings. The number of rotatable bonds is 5. The summed E-state index contributed by atoms with van der Waals surface area (Å²) in [6.07, 6.45) is 8.14. The Kier molecular flexibility index (Phi) is 4.76. The molecule has 5 heteroatoms. The van der Waals surface area contributed by atoms with Gasteiger partial charge in [-0.25, -0.2) is 8.42 Å². The quantitative estimate of drug-likeness (QED) is 0.899. The fourth-order valence-corrected chi connectivity index (χ4v) is 4.92. The van der Waals surface area contributed by atoms with E-state index in [1.54, 1.807) is 24.3 Å². The summed E-state index contributed by atoms with van der Waals surface area (Å²) in [6.45, 7) is 0.793. The largest absolute Gasteiger partial charge is 0.356 e. The monoisotopic (exact) mass is 335 g/mol. The van der Waals surface area contributed by atoms with Crippen LogP contribution in [0.2, 0.25) is 0 Å². The van der Waals surface area contributed by atoms with Crippen LogP contribution in [0.15, 0.2) is 29.2 Å². The van der Waals surface area contributed by atoms with Crippen LogP contribution in [0.3, 0.4) is 0 Å². The first-order valence-corrected chi connectivity index (χ1v) is 10.4. The topological polar surface area (TPSA) is 63.2 Å². The average Bonchev–Trinajstić information content (AvgIpc) is 3.08. The number of amides is 1. The highest BCUT2D eigenvalue weighted by Crippen LogP contribution is 2.47. The Bertz CT molecular complexity index is 666. The molecule has 1 aromatic carbocycles. The van der Waals surface area contributed by atoms with Gasteiger partial charge >= 0.3 is 0 Å². The molecule has 1 amide bonds. The number of nitrogens with one attached hydrogen (secondary N) is 1. The van der Waals surface area contributed by atoms with E-state index in [9.17, 15) is 13.2 Å². The van der Waals surface area contributed by atoms with Gasteiger partial charge in [0.2, 0.25) is 5.91 Å². The van der Waals surface area contributed by atoms with Crippen molar-refractivity contribution >= 4 is 15.7 Å². The molecule has 0 bridgehead atoms. The van der Waals surface area contributed by atoms with Crippen LogP contribution in [-0.4, -0.2) is 27.1 Å². The molecule has 1 N–H and O–H groups in total. The molecule has 2 aliphatic rings. The normalized spacial score (nSPS) is 26.9. The number of sulfone groups is 1. The van der Waals surface area contributed by atoms with Crippen LogP contribution in [0.5, 0.6) is 0 Å². The molecule has 1 aromatic rings. The van der Waals surface area contributed by atoms with Gasteiger partial charge in [0.15, 0.2) is 9.84 Å². The first-order chi connectivity index (χ1) is 10.9. The van der Waals surface area contributed by atoms with Crippen LogP contribution >= 0.6 is 0 Å². The van der Waals surface area contributed by atoms with Crippen molar-refractivity contribution in [1.82, 2.24) is 5.32 Å². The molecule has 0 unspecified atom stereocenters. The predicted molar refractivity (Wildman–Crippen MR) is 89.8 cm³/mol. The smallest absolute Gasteiger partial charge is 0.224 e. The molecule has 3 rings (SSSR count). The summed E-state index contributed by atoms with van der Waals surface area (Å²) in [5, 5.41) is 3.07. The van der Waals surface area contributed by atoms with Crippen molar-refractivity contribution in [3.63, 3.8) is 0 Å². The molecular weight excluding hydrogens is 310 g/mol. The molecule has 2 saturated carbocycles. The molecule has 0 radical (unpaired) electrons. The summed E-state index contributed by atoms with van der Waals surface area (Å²) in [7, 11) is -3.18. The Morgan fingerprint density at radius 3 is 2.57 bits per heavy atom. The summed E-state index contributed by atoms with van der Waals surface area (Å²) in [5.41, 5.74) is 0.847. The Morgan fingerprint density at radius 2 is 1.87 bits per heavy atom. The first-order valence-electron chi connectivity index (χ1n) is 8.49. The second-order valence-electron chi connectivity index (χ2n) is 7.09. The van der Waals surface area contributed by atoms with Crippen LogP contribution in [-0.2, 0) is 21.1 Å². The van der Waals surface area contributed by atoms with E-state index in [0.29, 0.717) is 17.2 Å². The maximum Gasteiger partial charge on any atom is 0.224 e. The van der Waals surface area contributed by atoms with Crippen molar-refractivity contribution in [2.45, 2.75) is 43.4 Å². The van der Waals surface area contributed by atoms with E-state index >= 15 is 0 Å². The fourth-order valence-electron chi connectivity index (χ4n) is 4.29. The molecule has 0 spiro atoms. The molecule has 2 aliphatic carbocycles. The Hall–Kier alpha value is -1.36. The zero-order chi connectivity index (χ0) is 16.4. The van der Waals surface area contributed by atoms with E-state index in [1.807, 2.05) is 0 Å². The van der Waals surface area contributed by atoms with Crippen molar-refractivity contribution in [3.05, 3.63) is 29.8 Å². The predicted octanol–water partition coefficient (Wildman–Crippen LogP) is 2.58. The lowest BCUT2D eigenvalue weighted by atomic mass is 9.92. The third-order valence-corrected chi connectivity index (χ3v) is 6.64. The lowest BCUT2D eigenvalue weighted by molar-refractivity contribution is -0.120. The van der Waals surface area contributed by atoms with Gasteiger partial charge in [0, 0.05) is 12.8 Å². The fraction of sp³-hybridized carbons (Fsp3) is 0.611. The van der Waals surface area contributed by atoms with Crippen molar-refractivity contribution in [1.29, 1.82) is 0 Å². The Morgan fingerprint density at radius 1 is 1.13 bits per heavy atom. The average molecular weight is 335 g/mol. The van der Waals surface area contributed by atoms with Gasteiger partial charge in [0.1, 0.15) is 0 Å². The number of benzene rings is 1. The lowest BCUT2D eigenvalue weighted by Crippen LogP contribution is -2.32. The third kappa shape index (κ3) is 3.94. The summed E-state index contributed by atoms with van der Waals surface area (Å²) in [4.78, 5) is 12.4. The third-order valence-electron chi connectivity index (χ3n) is 5.51. The van der Waals surface area contributed by atoms with Gasteiger partial charge < -0.3 is 5.32 Å². The molecule has 0 heterocycles. The number of carbonyl (C=O) groups excluding carboxylic acids is 1. The zero-order valence-electron chi connectivity index (χ0n) is 13.6. The van der Waals surface area contributed by atoms with Gasteiger partial charge in [-0.05, 0) is 54.7 Å². The first kappa shape index (κ1) is 16.5. The van der Waals surface area contributed by atoms with Crippen molar-refractivity contribution in [3.8, 4) is 0 Å². The zero-order valence-corrected chi connectivity index (χ0v) is 14.4. The highest BCUT2D eigenvalue weighted by atomic mass is 32.2. The maximum absolute atomic E-state index is 12.1. The summed E-state index contributed by atoms with van der Waals surface area (Å²) in [5.74, 6) is 2.40. The van der Waals surface area contributed by atoms with Gasteiger partial charge in [-0.15, -0.1) is 0 Å². The van der Waals surface area contributed by atoms with Crippen LogP contribution in [0.4, 0.5) is 0 Å². The summed E-state index contributed by atoms with van der Waals surface area (Å²) in [6, 6.07) is 6.58. The minimum absolute atomic E-state index is 0.0264. The van der Waals surface area contributed by atoms with Gasteiger partial charge in [-0.3, -0.25) is 4.79 Å². The highest BCUT2D eigenvalue weighted by molar-refractivity contribution is 7.90. The Balaban J connectivity index is 1.49. The molecule has 4 nitrogen and oxygen atoms in total. The van der Waals surface area contributed by atoms with Gasteiger partial charge in [-0.1, -0.05) is 25.0 Å².